The van der Waals surface area contributed by atoms with E-state index in [4.69, 9.17) is 9.47 Å². The molecule has 0 radical (unpaired) electrons. The molecule has 0 saturated heterocycles. The molecule has 0 aliphatic rings. The van der Waals surface area contributed by atoms with Crippen LogP contribution in [0, 0.1) is 6.92 Å². The van der Waals surface area contributed by atoms with Crippen molar-refractivity contribution in [2.24, 2.45) is 0 Å². The van der Waals surface area contributed by atoms with E-state index in [9.17, 15) is 0 Å². The van der Waals surface area contributed by atoms with Gasteiger partial charge >= 0.3 is 0 Å². The number of nitrogens with zero attached hydrogens (tertiary/aromatic N) is 1. The standard InChI is InChI=1S/C21H31NO2/c1-15(2)18-13-17-10-9-16(3)21(19(17)14-20(18)23-6)24-12-8-7-11-22(4)5/h9-10,13-15H,7-8,11-12H2,1-6H3. The molecule has 0 unspecified atom stereocenters. The number of aryl methyl sites for hydroxylation is 1. The Morgan fingerprint density at radius 3 is 2.46 bits per heavy atom. The third kappa shape index (κ3) is 4.41. The van der Waals surface area contributed by atoms with Crippen molar-refractivity contribution in [2.75, 3.05) is 34.4 Å². The predicted molar refractivity (Wildman–Crippen MR) is 103 cm³/mol. The molecular formula is C21H31NO2. The van der Waals surface area contributed by atoms with Crippen molar-refractivity contribution >= 4 is 10.8 Å². The van der Waals surface area contributed by atoms with Crippen LogP contribution in [-0.4, -0.2) is 39.3 Å². The number of fused-ring (bicyclic) bond motifs is 1. The van der Waals surface area contributed by atoms with Gasteiger partial charge in [-0.25, -0.2) is 0 Å². The van der Waals surface area contributed by atoms with Crippen LogP contribution < -0.4 is 9.47 Å². The van der Waals surface area contributed by atoms with Gasteiger partial charge in [-0.05, 0) is 75.0 Å². The van der Waals surface area contributed by atoms with E-state index in [1.807, 2.05) is 0 Å². The fourth-order valence-corrected chi connectivity index (χ4v) is 2.98. The molecule has 0 amide bonds. The second kappa shape index (κ2) is 8.39. The highest BCUT2D eigenvalue weighted by Gasteiger charge is 2.13. The van der Waals surface area contributed by atoms with Crippen LogP contribution in [0.3, 0.4) is 0 Å². The molecular weight excluding hydrogens is 298 g/mol. The number of methoxy groups -OCH3 is 1. The molecule has 132 valence electrons. The summed E-state index contributed by atoms with van der Waals surface area (Å²) in [5.74, 6) is 2.37. The summed E-state index contributed by atoms with van der Waals surface area (Å²) >= 11 is 0. The van der Waals surface area contributed by atoms with Crippen LogP contribution in [-0.2, 0) is 0 Å². The van der Waals surface area contributed by atoms with Gasteiger partial charge in [0.15, 0.2) is 0 Å². The number of hydrogen-bond donors (Lipinski definition) is 0. The van der Waals surface area contributed by atoms with Crippen LogP contribution in [0.4, 0.5) is 0 Å². The molecule has 3 heteroatoms. The first-order chi connectivity index (χ1) is 11.4. The quantitative estimate of drug-likeness (QED) is 0.636. The van der Waals surface area contributed by atoms with Gasteiger partial charge in [-0.15, -0.1) is 0 Å². The lowest BCUT2D eigenvalue weighted by atomic mass is 9.96. The van der Waals surface area contributed by atoms with E-state index in [0.717, 1.165) is 42.9 Å². The van der Waals surface area contributed by atoms with Gasteiger partial charge in [-0.3, -0.25) is 0 Å². The van der Waals surface area contributed by atoms with Gasteiger partial charge < -0.3 is 14.4 Å². The van der Waals surface area contributed by atoms with Crippen molar-refractivity contribution in [3.05, 3.63) is 35.4 Å². The molecule has 2 aromatic rings. The third-order valence-corrected chi connectivity index (χ3v) is 4.39. The fraction of sp³-hybridized carbons (Fsp3) is 0.524. The topological polar surface area (TPSA) is 21.7 Å². The summed E-state index contributed by atoms with van der Waals surface area (Å²) in [7, 11) is 5.95. The van der Waals surface area contributed by atoms with E-state index in [1.165, 1.54) is 16.5 Å². The van der Waals surface area contributed by atoms with Crippen LogP contribution in [0.5, 0.6) is 11.5 Å². The normalized spacial score (nSPS) is 11.5. The Morgan fingerprint density at radius 2 is 1.83 bits per heavy atom. The molecule has 2 aromatic carbocycles. The molecule has 0 heterocycles. The molecule has 24 heavy (non-hydrogen) atoms. The van der Waals surface area contributed by atoms with Crippen molar-refractivity contribution in [3.63, 3.8) is 0 Å². The number of benzene rings is 2. The van der Waals surface area contributed by atoms with Crippen LogP contribution in [0.2, 0.25) is 0 Å². The van der Waals surface area contributed by atoms with Crippen molar-refractivity contribution in [2.45, 2.75) is 39.5 Å². The Balaban J connectivity index is 2.26. The highest BCUT2D eigenvalue weighted by atomic mass is 16.5. The monoisotopic (exact) mass is 329 g/mol. The minimum atomic E-state index is 0.432. The highest BCUT2D eigenvalue weighted by Crippen LogP contribution is 2.37. The minimum Gasteiger partial charge on any atom is -0.496 e. The van der Waals surface area contributed by atoms with Gasteiger partial charge in [0.25, 0.3) is 0 Å². The molecule has 0 atom stereocenters. The van der Waals surface area contributed by atoms with Crippen molar-refractivity contribution < 1.29 is 9.47 Å². The Labute approximate surface area is 146 Å². The average Bonchev–Trinajstić information content (AvgIpc) is 2.54. The van der Waals surface area contributed by atoms with Crippen LogP contribution in [0.1, 0.15) is 43.7 Å². The second-order valence-corrected chi connectivity index (χ2v) is 7.04. The van der Waals surface area contributed by atoms with E-state index >= 15 is 0 Å². The van der Waals surface area contributed by atoms with E-state index in [1.54, 1.807) is 7.11 Å². The largest absolute Gasteiger partial charge is 0.496 e. The Kier molecular flexibility index (Phi) is 6.50. The summed E-state index contributed by atoms with van der Waals surface area (Å²) in [6.07, 6.45) is 2.22. The van der Waals surface area contributed by atoms with E-state index < -0.39 is 0 Å². The number of ether oxygens (including phenoxy) is 2. The molecule has 2 rings (SSSR count). The van der Waals surface area contributed by atoms with Crippen LogP contribution in [0.25, 0.3) is 10.8 Å². The smallest absolute Gasteiger partial charge is 0.130 e. The first-order valence-corrected chi connectivity index (χ1v) is 8.82. The van der Waals surface area contributed by atoms with Crippen LogP contribution >= 0.6 is 0 Å². The van der Waals surface area contributed by atoms with Crippen LogP contribution in [0.15, 0.2) is 24.3 Å². The van der Waals surface area contributed by atoms with E-state index in [0.29, 0.717) is 5.92 Å². The maximum absolute atomic E-state index is 6.16. The molecule has 0 bridgehead atoms. The number of rotatable bonds is 8. The predicted octanol–water partition coefficient (Wildman–Crippen LogP) is 5.00. The molecule has 0 aliphatic heterocycles. The second-order valence-electron chi connectivity index (χ2n) is 7.04. The Hall–Kier alpha value is -1.74. The lowest BCUT2D eigenvalue weighted by Crippen LogP contribution is -2.13. The lowest BCUT2D eigenvalue weighted by molar-refractivity contribution is 0.294. The lowest BCUT2D eigenvalue weighted by Gasteiger charge is -2.17. The molecule has 3 nitrogen and oxygen atoms in total. The first kappa shape index (κ1) is 18.6. The average molecular weight is 329 g/mol. The molecule has 0 aliphatic carbocycles. The summed E-state index contributed by atoms with van der Waals surface area (Å²) < 4.78 is 11.8. The minimum absolute atomic E-state index is 0.432. The van der Waals surface area contributed by atoms with Gasteiger partial charge in [0, 0.05) is 5.39 Å². The number of hydrogen-bond acceptors (Lipinski definition) is 3. The first-order valence-electron chi connectivity index (χ1n) is 8.82. The van der Waals surface area contributed by atoms with E-state index in [2.05, 4.69) is 64.0 Å². The zero-order chi connectivity index (χ0) is 17.7. The molecule has 0 spiro atoms. The molecule has 0 saturated carbocycles. The van der Waals surface area contributed by atoms with Crippen molar-refractivity contribution in [1.29, 1.82) is 0 Å². The number of unbranched alkanes of at least 4 members (excludes halogenated alkanes) is 1. The molecule has 0 aromatic heterocycles. The zero-order valence-electron chi connectivity index (χ0n) is 16.0. The fourth-order valence-electron chi connectivity index (χ4n) is 2.98. The van der Waals surface area contributed by atoms with Crippen molar-refractivity contribution in [3.8, 4) is 11.5 Å². The van der Waals surface area contributed by atoms with Gasteiger partial charge in [0.1, 0.15) is 11.5 Å². The Bertz CT molecular complexity index is 677. The summed E-state index contributed by atoms with van der Waals surface area (Å²) in [6.45, 7) is 8.35. The zero-order valence-corrected chi connectivity index (χ0v) is 16.0. The summed E-state index contributed by atoms with van der Waals surface area (Å²) in [5, 5.41) is 2.36. The summed E-state index contributed by atoms with van der Waals surface area (Å²) in [6, 6.07) is 8.69. The van der Waals surface area contributed by atoms with Gasteiger partial charge in [-0.1, -0.05) is 26.0 Å². The summed E-state index contributed by atoms with van der Waals surface area (Å²) in [5.41, 5.74) is 2.42. The third-order valence-electron chi connectivity index (χ3n) is 4.39. The van der Waals surface area contributed by atoms with Crippen molar-refractivity contribution in [1.82, 2.24) is 4.90 Å². The molecule has 0 N–H and O–H groups in total. The summed E-state index contributed by atoms with van der Waals surface area (Å²) in [4.78, 5) is 2.21. The van der Waals surface area contributed by atoms with Gasteiger partial charge in [0.2, 0.25) is 0 Å². The molecule has 0 fully saturated rings. The van der Waals surface area contributed by atoms with E-state index in [-0.39, 0.29) is 0 Å². The SMILES string of the molecule is COc1cc2c(OCCCCN(C)C)c(C)ccc2cc1C(C)C. The highest BCUT2D eigenvalue weighted by molar-refractivity contribution is 5.91. The maximum atomic E-state index is 6.16. The van der Waals surface area contributed by atoms with Gasteiger partial charge in [0.05, 0.1) is 13.7 Å². The van der Waals surface area contributed by atoms with Gasteiger partial charge in [-0.2, -0.15) is 0 Å². The Morgan fingerprint density at radius 1 is 1.08 bits per heavy atom. The maximum Gasteiger partial charge on any atom is 0.130 e.